The molecule has 0 fully saturated rings. The molecule has 1 atom stereocenters. The molecule has 0 aliphatic carbocycles. The van der Waals surface area contributed by atoms with Crippen LogP contribution in [0.1, 0.15) is 5.56 Å². The first kappa shape index (κ1) is 18.8. The second kappa shape index (κ2) is 8.30. The van der Waals surface area contributed by atoms with Crippen LogP contribution in [0.5, 0.6) is 11.5 Å². The fraction of sp³-hybridized carbons (Fsp3) is 0.217. The van der Waals surface area contributed by atoms with Gasteiger partial charge in [-0.15, -0.1) is 0 Å². The molecule has 0 amide bonds. The molecular formula is C23H22N4O2S. The van der Waals surface area contributed by atoms with Crippen LogP contribution in [0.25, 0.3) is 21.2 Å². The lowest BCUT2D eigenvalue weighted by Crippen LogP contribution is -2.31. The first-order chi connectivity index (χ1) is 14.7. The minimum Gasteiger partial charge on any atom is -0.486 e. The summed E-state index contributed by atoms with van der Waals surface area (Å²) in [4.78, 5) is 9.80. The lowest BCUT2D eigenvalue weighted by Gasteiger charge is -2.19. The van der Waals surface area contributed by atoms with Gasteiger partial charge >= 0.3 is 0 Å². The first-order valence-electron chi connectivity index (χ1n) is 9.92. The number of aromatic nitrogens is 2. The number of nitrogens with zero attached hydrogens (tertiary/aromatic N) is 2. The topological polar surface area (TPSA) is 82.3 Å². The van der Waals surface area contributed by atoms with Gasteiger partial charge in [-0.2, -0.15) is 0 Å². The zero-order valence-electron chi connectivity index (χ0n) is 16.4. The van der Waals surface area contributed by atoms with Gasteiger partial charge in [0.05, 0.1) is 4.88 Å². The van der Waals surface area contributed by atoms with E-state index in [1.807, 2.05) is 42.9 Å². The Morgan fingerprint density at radius 1 is 1.00 bits per heavy atom. The fourth-order valence-electron chi connectivity index (χ4n) is 3.53. The third-order valence-corrected chi connectivity index (χ3v) is 6.05. The highest BCUT2D eigenvalue weighted by atomic mass is 32.1. The predicted molar refractivity (Wildman–Crippen MR) is 120 cm³/mol. The zero-order chi connectivity index (χ0) is 20.3. The SMILES string of the molecule is NC(CNc1ncc(-c2ccc3cnccc3c2)s1)Cc1ccc2c(c1)OCCO2. The van der Waals surface area contributed by atoms with Gasteiger partial charge < -0.3 is 20.5 Å². The minimum absolute atomic E-state index is 0.0342. The summed E-state index contributed by atoms with van der Waals surface area (Å²) in [6.45, 7) is 1.83. The highest BCUT2D eigenvalue weighted by molar-refractivity contribution is 7.18. The molecule has 4 aromatic rings. The van der Waals surface area contributed by atoms with Crippen LogP contribution in [0.4, 0.5) is 5.13 Å². The average molecular weight is 419 g/mol. The van der Waals surface area contributed by atoms with Crippen molar-refractivity contribution in [2.45, 2.75) is 12.5 Å². The Bertz CT molecular complexity index is 1180. The quantitative estimate of drug-likeness (QED) is 0.490. The smallest absolute Gasteiger partial charge is 0.183 e. The fourth-order valence-corrected chi connectivity index (χ4v) is 4.35. The summed E-state index contributed by atoms with van der Waals surface area (Å²) in [5.41, 5.74) is 8.64. The highest BCUT2D eigenvalue weighted by Crippen LogP contribution is 2.32. The molecule has 0 saturated heterocycles. The van der Waals surface area contributed by atoms with Crippen LogP contribution in [0.3, 0.4) is 0 Å². The molecule has 2 aromatic heterocycles. The molecule has 3 heterocycles. The van der Waals surface area contributed by atoms with Crippen LogP contribution in [0.2, 0.25) is 0 Å². The predicted octanol–water partition coefficient (Wildman–Crippen LogP) is 4.11. The second-order valence-electron chi connectivity index (χ2n) is 7.29. The standard InChI is InChI=1S/C23H22N4O2S/c24-19(9-15-1-4-20-21(10-15)29-8-7-28-20)13-26-23-27-14-22(30-23)17-2-3-18-12-25-6-5-16(18)11-17/h1-6,10-12,14,19H,7-9,13,24H2,(H,26,27). The van der Waals surface area contributed by atoms with Crippen molar-refractivity contribution in [3.8, 4) is 21.9 Å². The van der Waals surface area contributed by atoms with Gasteiger partial charge in [-0.1, -0.05) is 29.5 Å². The van der Waals surface area contributed by atoms with Crippen molar-refractivity contribution in [3.63, 3.8) is 0 Å². The number of fused-ring (bicyclic) bond motifs is 2. The molecule has 3 N–H and O–H groups in total. The van der Waals surface area contributed by atoms with Crippen LogP contribution in [0.15, 0.2) is 61.1 Å². The molecule has 30 heavy (non-hydrogen) atoms. The summed E-state index contributed by atoms with van der Waals surface area (Å²) in [7, 11) is 0. The number of pyridine rings is 1. The van der Waals surface area contributed by atoms with E-state index < -0.39 is 0 Å². The molecule has 2 aromatic carbocycles. The van der Waals surface area contributed by atoms with E-state index >= 15 is 0 Å². The number of benzene rings is 2. The molecule has 0 radical (unpaired) electrons. The van der Waals surface area contributed by atoms with Gasteiger partial charge in [0, 0.05) is 36.6 Å². The summed E-state index contributed by atoms with van der Waals surface area (Å²) in [5.74, 6) is 1.60. The van der Waals surface area contributed by atoms with Crippen LogP contribution in [0, 0.1) is 0 Å². The zero-order valence-corrected chi connectivity index (χ0v) is 17.2. The Balaban J connectivity index is 1.21. The summed E-state index contributed by atoms with van der Waals surface area (Å²) in [5, 5.41) is 6.55. The molecule has 1 aliphatic rings. The van der Waals surface area contributed by atoms with E-state index in [1.54, 1.807) is 11.3 Å². The lowest BCUT2D eigenvalue weighted by atomic mass is 10.1. The van der Waals surface area contributed by atoms with Gasteiger partial charge in [0.25, 0.3) is 0 Å². The maximum Gasteiger partial charge on any atom is 0.183 e. The number of hydrogen-bond acceptors (Lipinski definition) is 7. The number of nitrogens with one attached hydrogen (secondary N) is 1. The van der Waals surface area contributed by atoms with Gasteiger partial charge in [-0.05, 0) is 47.2 Å². The maximum absolute atomic E-state index is 6.35. The van der Waals surface area contributed by atoms with Gasteiger partial charge in [0.2, 0.25) is 0 Å². The van der Waals surface area contributed by atoms with E-state index in [0.29, 0.717) is 19.8 Å². The molecule has 1 unspecified atom stereocenters. The van der Waals surface area contributed by atoms with Crippen molar-refractivity contribution in [2.75, 3.05) is 25.1 Å². The minimum atomic E-state index is -0.0342. The lowest BCUT2D eigenvalue weighted by molar-refractivity contribution is 0.171. The molecule has 5 rings (SSSR count). The Morgan fingerprint density at radius 2 is 1.90 bits per heavy atom. The number of ether oxygens (including phenoxy) is 2. The van der Waals surface area contributed by atoms with Gasteiger partial charge in [-0.25, -0.2) is 4.98 Å². The van der Waals surface area contributed by atoms with E-state index in [-0.39, 0.29) is 6.04 Å². The summed E-state index contributed by atoms with van der Waals surface area (Å²) in [6.07, 6.45) is 6.35. The molecular weight excluding hydrogens is 396 g/mol. The van der Waals surface area contributed by atoms with Crippen LogP contribution in [-0.4, -0.2) is 35.8 Å². The maximum atomic E-state index is 6.35. The molecule has 1 aliphatic heterocycles. The summed E-state index contributed by atoms with van der Waals surface area (Å²) in [6, 6.07) is 14.4. The van der Waals surface area contributed by atoms with Gasteiger partial charge in [0.1, 0.15) is 13.2 Å². The van der Waals surface area contributed by atoms with Crippen LogP contribution >= 0.6 is 11.3 Å². The Hall–Kier alpha value is -3.16. The summed E-state index contributed by atoms with van der Waals surface area (Å²) < 4.78 is 11.2. The Morgan fingerprint density at radius 3 is 2.83 bits per heavy atom. The third kappa shape index (κ3) is 4.08. The highest BCUT2D eigenvalue weighted by Gasteiger charge is 2.13. The number of thiazole rings is 1. The van der Waals surface area contributed by atoms with Crippen molar-refractivity contribution >= 4 is 27.2 Å². The first-order valence-corrected chi connectivity index (χ1v) is 10.7. The number of rotatable bonds is 6. The van der Waals surface area contributed by atoms with Crippen molar-refractivity contribution < 1.29 is 9.47 Å². The van der Waals surface area contributed by atoms with Crippen LogP contribution < -0.4 is 20.5 Å². The van der Waals surface area contributed by atoms with E-state index in [2.05, 4.69) is 33.5 Å². The van der Waals surface area contributed by atoms with E-state index in [1.165, 1.54) is 5.39 Å². The molecule has 7 heteroatoms. The number of nitrogens with two attached hydrogens (primary N) is 1. The van der Waals surface area contributed by atoms with Gasteiger partial charge in [-0.3, -0.25) is 4.98 Å². The van der Waals surface area contributed by atoms with Crippen molar-refractivity contribution in [1.82, 2.24) is 9.97 Å². The number of anilines is 1. The van der Waals surface area contributed by atoms with E-state index in [0.717, 1.165) is 44.4 Å². The van der Waals surface area contributed by atoms with Gasteiger partial charge in [0.15, 0.2) is 16.6 Å². The second-order valence-corrected chi connectivity index (χ2v) is 8.32. The largest absolute Gasteiger partial charge is 0.486 e. The molecule has 0 bridgehead atoms. The van der Waals surface area contributed by atoms with E-state index in [9.17, 15) is 0 Å². The Labute approximate surface area is 178 Å². The van der Waals surface area contributed by atoms with Crippen molar-refractivity contribution in [3.05, 3.63) is 66.6 Å². The number of hydrogen-bond donors (Lipinski definition) is 2. The Kier molecular flexibility index (Phi) is 5.21. The molecule has 0 spiro atoms. The van der Waals surface area contributed by atoms with Crippen molar-refractivity contribution in [1.29, 1.82) is 0 Å². The third-order valence-electron chi connectivity index (χ3n) is 5.05. The van der Waals surface area contributed by atoms with Crippen molar-refractivity contribution in [2.24, 2.45) is 5.73 Å². The molecule has 152 valence electrons. The average Bonchev–Trinajstić information content (AvgIpc) is 3.26. The molecule has 6 nitrogen and oxygen atoms in total. The molecule has 0 saturated carbocycles. The summed E-state index contributed by atoms with van der Waals surface area (Å²) >= 11 is 1.63. The normalized spacial score (nSPS) is 13.9. The van der Waals surface area contributed by atoms with E-state index in [4.69, 9.17) is 15.2 Å². The monoisotopic (exact) mass is 418 g/mol. The van der Waals surface area contributed by atoms with Crippen LogP contribution in [-0.2, 0) is 6.42 Å².